The summed E-state index contributed by atoms with van der Waals surface area (Å²) in [6, 6.07) is 4.76. The van der Waals surface area contributed by atoms with Crippen LogP contribution < -0.4 is 5.32 Å². The molecular formula is C12H20N2O. The van der Waals surface area contributed by atoms with E-state index in [4.69, 9.17) is 5.11 Å². The van der Waals surface area contributed by atoms with Gasteiger partial charge in [0.05, 0.1) is 0 Å². The van der Waals surface area contributed by atoms with E-state index in [0.717, 1.165) is 12.8 Å². The second-order valence-corrected chi connectivity index (χ2v) is 3.94. The Hall–Kier alpha value is -0.930. The van der Waals surface area contributed by atoms with Crippen LogP contribution in [-0.2, 0) is 0 Å². The standard InChI is InChI=1S/C12H20N2O/c1-10(5-4-8-15)14-11(2)12-6-3-7-13-9-12/h3,6-7,9-11,14-15H,4-5,8H2,1-2H3/t10-,11+/m0/s1. The van der Waals surface area contributed by atoms with Gasteiger partial charge in [-0.2, -0.15) is 0 Å². The van der Waals surface area contributed by atoms with Gasteiger partial charge in [0.25, 0.3) is 0 Å². The fourth-order valence-corrected chi connectivity index (χ4v) is 1.64. The summed E-state index contributed by atoms with van der Waals surface area (Å²) in [7, 11) is 0. The molecule has 84 valence electrons. The van der Waals surface area contributed by atoms with Gasteiger partial charge in [-0.05, 0) is 38.3 Å². The molecule has 1 heterocycles. The molecule has 0 radical (unpaired) electrons. The average molecular weight is 208 g/mol. The van der Waals surface area contributed by atoms with Crippen LogP contribution in [0.15, 0.2) is 24.5 Å². The number of nitrogens with one attached hydrogen (secondary N) is 1. The Labute approximate surface area is 91.5 Å². The lowest BCUT2D eigenvalue weighted by atomic mass is 10.1. The molecule has 15 heavy (non-hydrogen) atoms. The van der Waals surface area contributed by atoms with E-state index in [1.165, 1.54) is 5.56 Å². The fraction of sp³-hybridized carbons (Fsp3) is 0.583. The van der Waals surface area contributed by atoms with Crippen LogP contribution in [0.25, 0.3) is 0 Å². The molecule has 0 aromatic carbocycles. The predicted molar refractivity (Wildman–Crippen MR) is 61.6 cm³/mol. The minimum atomic E-state index is 0.271. The lowest BCUT2D eigenvalue weighted by Crippen LogP contribution is -2.29. The van der Waals surface area contributed by atoms with E-state index in [-0.39, 0.29) is 6.61 Å². The van der Waals surface area contributed by atoms with Crippen molar-refractivity contribution in [3.63, 3.8) is 0 Å². The number of aromatic nitrogens is 1. The Morgan fingerprint density at radius 2 is 2.27 bits per heavy atom. The molecule has 1 aromatic heterocycles. The van der Waals surface area contributed by atoms with Gasteiger partial charge in [-0.25, -0.2) is 0 Å². The minimum Gasteiger partial charge on any atom is -0.396 e. The summed E-state index contributed by atoms with van der Waals surface area (Å²) >= 11 is 0. The average Bonchev–Trinajstić information content (AvgIpc) is 2.27. The van der Waals surface area contributed by atoms with Crippen molar-refractivity contribution in [2.24, 2.45) is 0 Å². The van der Waals surface area contributed by atoms with E-state index in [1.807, 2.05) is 12.3 Å². The predicted octanol–water partition coefficient (Wildman–Crippen LogP) is 1.89. The number of nitrogens with zero attached hydrogens (tertiary/aromatic N) is 1. The SMILES string of the molecule is C[C@@H](CCCO)N[C@H](C)c1cccnc1. The van der Waals surface area contributed by atoms with Gasteiger partial charge >= 0.3 is 0 Å². The minimum absolute atomic E-state index is 0.271. The number of hydrogen-bond acceptors (Lipinski definition) is 3. The quantitative estimate of drug-likeness (QED) is 0.750. The smallest absolute Gasteiger partial charge is 0.0431 e. The van der Waals surface area contributed by atoms with Gasteiger partial charge in [0, 0.05) is 31.1 Å². The summed E-state index contributed by atoms with van der Waals surface area (Å²) < 4.78 is 0. The highest BCUT2D eigenvalue weighted by Crippen LogP contribution is 2.11. The zero-order chi connectivity index (χ0) is 11.1. The number of pyridine rings is 1. The van der Waals surface area contributed by atoms with Crippen LogP contribution in [0.5, 0.6) is 0 Å². The molecule has 0 bridgehead atoms. The molecule has 0 aliphatic rings. The van der Waals surface area contributed by atoms with Gasteiger partial charge < -0.3 is 10.4 Å². The van der Waals surface area contributed by atoms with Gasteiger partial charge in [0.1, 0.15) is 0 Å². The van der Waals surface area contributed by atoms with Crippen LogP contribution in [0.3, 0.4) is 0 Å². The summed E-state index contributed by atoms with van der Waals surface area (Å²) in [6.07, 6.45) is 5.52. The summed E-state index contributed by atoms with van der Waals surface area (Å²) in [4.78, 5) is 4.10. The maximum absolute atomic E-state index is 8.73. The molecule has 0 fully saturated rings. The molecule has 0 saturated carbocycles. The van der Waals surface area contributed by atoms with Gasteiger partial charge in [-0.3, -0.25) is 4.98 Å². The Morgan fingerprint density at radius 1 is 1.47 bits per heavy atom. The third-order valence-electron chi connectivity index (χ3n) is 2.51. The first-order valence-electron chi connectivity index (χ1n) is 5.51. The number of aliphatic hydroxyl groups excluding tert-OH is 1. The zero-order valence-electron chi connectivity index (χ0n) is 9.48. The molecule has 3 nitrogen and oxygen atoms in total. The van der Waals surface area contributed by atoms with E-state index in [1.54, 1.807) is 6.20 Å². The first-order chi connectivity index (χ1) is 7.24. The van der Waals surface area contributed by atoms with Crippen LogP contribution in [0.1, 0.15) is 38.3 Å². The zero-order valence-corrected chi connectivity index (χ0v) is 9.48. The lowest BCUT2D eigenvalue weighted by molar-refractivity contribution is 0.274. The van der Waals surface area contributed by atoms with Crippen LogP contribution in [0.4, 0.5) is 0 Å². The first-order valence-corrected chi connectivity index (χ1v) is 5.51. The van der Waals surface area contributed by atoms with Gasteiger partial charge in [0.2, 0.25) is 0 Å². The van der Waals surface area contributed by atoms with E-state index in [2.05, 4.69) is 30.2 Å². The molecule has 0 spiro atoms. The summed E-state index contributed by atoms with van der Waals surface area (Å²) in [6.45, 7) is 4.54. The Kier molecular flexibility index (Phi) is 5.29. The fourth-order valence-electron chi connectivity index (χ4n) is 1.64. The molecule has 1 rings (SSSR count). The number of rotatable bonds is 6. The van der Waals surface area contributed by atoms with Crippen molar-refractivity contribution in [1.29, 1.82) is 0 Å². The van der Waals surface area contributed by atoms with Crippen molar-refractivity contribution in [2.75, 3.05) is 6.61 Å². The Bertz CT molecular complexity index is 264. The second-order valence-electron chi connectivity index (χ2n) is 3.94. The number of aliphatic hydroxyl groups is 1. The lowest BCUT2D eigenvalue weighted by Gasteiger charge is -2.19. The second kappa shape index (κ2) is 6.53. The summed E-state index contributed by atoms with van der Waals surface area (Å²) in [5, 5.41) is 12.2. The monoisotopic (exact) mass is 208 g/mol. The molecule has 0 aliphatic heterocycles. The molecule has 3 heteroatoms. The van der Waals surface area contributed by atoms with E-state index < -0.39 is 0 Å². The topological polar surface area (TPSA) is 45.1 Å². The molecular weight excluding hydrogens is 188 g/mol. The van der Waals surface area contributed by atoms with Gasteiger partial charge in [-0.1, -0.05) is 6.07 Å². The van der Waals surface area contributed by atoms with Crippen LogP contribution in [0, 0.1) is 0 Å². The van der Waals surface area contributed by atoms with E-state index in [0.29, 0.717) is 12.1 Å². The largest absolute Gasteiger partial charge is 0.396 e. The summed E-state index contributed by atoms with van der Waals surface area (Å²) in [5.41, 5.74) is 1.20. The van der Waals surface area contributed by atoms with Crippen molar-refractivity contribution in [2.45, 2.75) is 38.8 Å². The molecule has 2 atom stereocenters. The molecule has 2 N–H and O–H groups in total. The first kappa shape index (κ1) is 12.1. The highest BCUT2D eigenvalue weighted by Gasteiger charge is 2.08. The van der Waals surface area contributed by atoms with Crippen molar-refractivity contribution < 1.29 is 5.11 Å². The third kappa shape index (κ3) is 4.40. The van der Waals surface area contributed by atoms with Crippen molar-refractivity contribution >= 4 is 0 Å². The molecule has 0 amide bonds. The normalized spacial score (nSPS) is 14.9. The summed E-state index contributed by atoms with van der Waals surface area (Å²) in [5.74, 6) is 0. The Balaban J connectivity index is 2.38. The van der Waals surface area contributed by atoms with Crippen molar-refractivity contribution in [1.82, 2.24) is 10.3 Å². The highest BCUT2D eigenvalue weighted by molar-refractivity contribution is 5.12. The maximum atomic E-state index is 8.73. The molecule has 0 saturated heterocycles. The maximum Gasteiger partial charge on any atom is 0.0431 e. The molecule has 0 aliphatic carbocycles. The van der Waals surface area contributed by atoms with Crippen molar-refractivity contribution in [3.05, 3.63) is 30.1 Å². The van der Waals surface area contributed by atoms with E-state index in [9.17, 15) is 0 Å². The van der Waals surface area contributed by atoms with Crippen LogP contribution in [0.2, 0.25) is 0 Å². The van der Waals surface area contributed by atoms with Crippen molar-refractivity contribution in [3.8, 4) is 0 Å². The Morgan fingerprint density at radius 3 is 2.87 bits per heavy atom. The van der Waals surface area contributed by atoms with Gasteiger partial charge in [0.15, 0.2) is 0 Å². The number of hydrogen-bond donors (Lipinski definition) is 2. The molecule has 1 aromatic rings. The molecule has 0 unspecified atom stereocenters. The van der Waals surface area contributed by atoms with Crippen LogP contribution >= 0.6 is 0 Å². The third-order valence-corrected chi connectivity index (χ3v) is 2.51. The highest BCUT2D eigenvalue weighted by atomic mass is 16.2. The van der Waals surface area contributed by atoms with Crippen LogP contribution in [-0.4, -0.2) is 22.7 Å². The van der Waals surface area contributed by atoms with E-state index >= 15 is 0 Å². The van der Waals surface area contributed by atoms with Gasteiger partial charge in [-0.15, -0.1) is 0 Å².